The molecule has 3 atom stereocenters. The number of aromatic nitrogens is 3. The van der Waals surface area contributed by atoms with Crippen molar-refractivity contribution < 1.29 is 56.9 Å². The SMILES string of the molecule is Cc1ncsc1-c1ccc(CNC(=O)C2CCCN2C(=O)C(c2cc(OCCOCCOCCOCCOCC#Cc3ccc(CN(C)C(C(=O)Nc4nccs4)c4cc(F)ccc4O)c(C=O)c3)no2)C(C)C)cc1. The molecule has 1 aliphatic rings. The normalized spacial score (nSPS) is 14.1. The number of phenolic OH excluding ortho intramolecular Hbond substituents is 1. The number of hydrogen-bond donors (Lipinski definition) is 3. The number of nitrogens with zero attached hydrogens (tertiary/aromatic N) is 5. The molecule has 0 bridgehead atoms. The Hall–Kier alpha value is -6.90. The van der Waals surface area contributed by atoms with Gasteiger partial charge in [0.2, 0.25) is 17.7 Å². The number of ether oxygens (including phenoxy) is 5. The highest BCUT2D eigenvalue weighted by Crippen LogP contribution is 2.34. The van der Waals surface area contributed by atoms with Gasteiger partial charge in [-0.1, -0.05) is 56.0 Å². The van der Waals surface area contributed by atoms with Crippen LogP contribution in [0.25, 0.3) is 10.4 Å². The average molecular weight is 1080 g/mol. The lowest BCUT2D eigenvalue weighted by Gasteiger charge is -2.28. The molecule has 1 aliphatic heterocycles. The molecular formula is C55H62FN7O11S2. The van der Waals surface area contributed by atoms with Gasteiger partial charge in [-0.15, -0.1) is 22.7 Å². The number of likely N-dealkylation sites (N-methyl/N-ethyl adjacent to an activating group) is 1. The van der Waals surface area contributed by atoms with Crippen LogP contribution in [0, 0.1) is 30.5 Å². The van der Waals surface area contributed by atoms with E-state index in [9.17, 15) is 28.7 Å². The molecule has 1 saturated heterocycles. The number of aryl methyl sites for hydroxylation is 1. The summed E-state index contributed by atoms with van der Waals surface area (Å²) < 4.78 is 48.0. The van der Waals surface area contributed by atoms with E-state index in [2.05, 4.69) is 37.6 Å². The summed E-state index contributed by atoms with van der Waals surface area (Å²) in [5.74, 6) is 4.01. The van der Waals surface area contributed by atoms with Gasteiger partial charge in [0.25, 0.3) is 5.88 Å². The Morgan fingerprint density at radius 1 is 0.947 bits per heavy atom. The summed E-state index contributed by atoms with van der Waals surface area (Å²) >= 11 is 2.81. The molecule has 402 valence electrons. The van der Waals surface area contributed by atoms with E-state index in [1.807, 2.05) is 50.5 Å². The fourth-order valence-corrected chi connectivity index (χ4v) is 9.90. The van der Waals surface area contributed by atoms with Crippen molar-refractivity contribution in [2.24, 2.45) is 5.92 Å². The first-order chi connectivity index (χ1) is 36.9. The number of thiazole rings is 2. The van der Waals surface area contributed by atoms with E-state index >= 15 is 0 Å². The minimum absolute atomic E-state index is 0.0657. The average Bonchev–Trinajstić information content (AvgIpc) is 4.29. The Kier molecular flexibility index (Phi) is 21.6. The molecule has 0 spiro atoms. The molecule has 3 aromatic heterocycles. The van der Waals surface area contributed by atoms with Crippen molar-refractivity contribution in [3.05, 3.63) is 129 Å². The number of carbonyl (C=O) groups excluding carboxylic acids is 4. The van der Waals surface area contributed by atoms with Gasteiger partial charge >= 0.3 is 0 Å². The van der Waals surface area contributed by atoms with Crippen molar-refractivity contribution in [2.45, 2.75) is 64.7 Å². The van der Waals surface area contributed by atoms with Gasteiger partial charge in [0.15, 0.2) is 10.9 Å². The van der Waals surface area contributed by atoms with E-state index in [4.69, 9.17) is 28.2 Å². The van der Waals surface area contributed by atoms with Crippen LogP contribution in [0.1, 0.15) is 82.7 Å². The number of aromatic hydroxyl groups is 1. The number of rotatable bonds is 28. The number of halogens is 1. The minimum Gasteiger partial charge on any atom is -0.508 e. The molecule has 0 radical (unpaired) electrons. The first kappa shape index (κ1) is 56.8. The maximum absolute atomic E-state index is 14.3. The van der Waals surface area contributed by atoms with E-state index in [1.165, 1.54) is 23.6 Å². The van der Waals surface area contributed by atoms with Gasteiger partial charge in [-0.2, -0.15) is 0 Å². The second kappa shape index (κ2) is 28.8. The number of phenols is 1. The predicted octanol–water partition coefficient (Wildman–Crippen LogP) is 7.58. The van der Waals surface area contributed by atoms with E-state index in [0.29, 0.717) is 93.0 Å². The number of amides is 3. The Morgan fingerprint density at radius 3 is 2.37 bits per heavy atom. The lowest BCUT2D eigenvalue weighted by atomic mass is 9.91. The molecule has 21 heteroatoms. The molecule has 3 aromatic carbocycles. The van der Waals surface area contributed by atoms with Crippen LogP contribution in [0.2, 0.25) is 0 Å². The van der Waals surface area contributed by atoms with Crippen molar-refractivity contribution in [3.8, 4) is 33.9 Å². The number of benzene rings is 3. The van der Waals surface area contributed by atoms with Crippen LogP contribution in [-0.2, 0) is 46.4 Å². The standard InChI is InChI=1S/C55H62FN7O11S2/c1-36(2)49(54(68)63-18-5-8-45(63)52(66)58-32-39-10-12-40(13-11-39)51-37(3)59-35-76-51)47-31-48(61-74-47)73-27-26-72-25-24-71-23-22-70-21-20-69-19-6-7-38-9-14-41(42(29-38)34-64)33-62(4)50(44-30-43(56)15-16-46(44)65)53(67)60-55-57-17-28-75-55/h9-17,28-31,34-36,45,49-50,65H,5,8,18-27,32-33H2,1-4H3,(H,58,66)(H,57,60,67). The monoisotopic (exact) mass is 1080 g/mol. The van der Waals surface area contributed by atoms with E-state index < -0.39 is 29.7 Å². The van der Waals surface area contributed by atoms with Gasteiger partial charge in [-0.05, 0) is 84.9 Å². The maximum atomic E-state index is 14.3. The number of nitrogens with one attached hydrogen (secondary N) is 2. The third kappa shape index (κ3) is 16.1. The Balaban J connectivity index is 0.733. The number of carbonyl (C=O) groups is 4. The largest absolute Gasteiger partial charge is 0.508 e. The summed E-state index contributed by atoms with van der Waals surface area (Å²) in [5, 5.41) is 22.4. The summed E-state index contributed by atoms with van der Waals surface area (Å²) in [7, 11) is 1.64. The van der Waals surface area contributed by atoms with Gasteiger partial charge in [-0.25, -0.2) is 14.4 Å². The topological polar surface area (TPSA) is 217 Å². The molecule has 6 aromatic rings. The molecule has 76 heavy (non-hydrogen) atoms. The third-order valence-corrected chi connectivity index (χ3v) is 14.0. The third-order valence-electron chi connectivity index (χ3n) is 12.3. The van der Waals surface area contributed by atoms with E-state index in [-0.39, 0.29) is 61.3 Å². The zero-order chi connectivity index (χ0) is 53.8. The molecule has 0 saturated carbocycles. The maximum Gasteiger partial charge on any atom is 0.254 e. The molecule has 7 rings (SSSR count). The highest BCUT2D eigenvalue weighted by Gasteiger charge is 2.40. The van der Waals surface area contributed by atoms with Crippen molar-refractivity contribution in [1.29, 1.82) is 0 Å². The van der Waals surface area contributed by atoms with Crippen LogP contribution in [0.15, 0.2) is 88.3 Å². The van der Waals surface area contributed by atoms with Crippen LogP contribution in [0.4, 0.5) is 9.52 Å². The number of hydrogen-bond acceptors (Lipinski definition) is 17. The second-order valence-corrected chi connectivity index (χ2v) is 19.8. The minimum atomic E-state index is -1.11. The zero-order valence-electron chi connectivity index (χ0n) is 42.8. The molecule has 3 unspecified atom stereocenters. The van der Waals surface area contributed by atoms with Gasteiger partial charge in [-0.3, -0.25) is 24.1 Å². The quantitative estimate of drug-likeness (QED) is 0.0245. The highest BCUT2D eigenvalue weighted by molar-refractivity contribution is 7.14. The fourth-order valence-electron chi connectivity index (χ4n) is 8.56. The van der Waals surface area contributed by atoms with Crippen LogP contribution in [0.5, 0.6) is 11.6 Å². The van der Waals surface area contributed by atoms with Crippen LogP contribution in [0.3, 0.4) is 0 Å². The van der Waals surface area contributed by atoms with Gasteiger partial charge in [0, 0.05) is 54.0 Å². The lowest BCUT2D eigenvalue weighted by Crippen LogP contribution is -2.47. The van der Waals surface area contributed by atoms with Gasteiger partial charge in [0.1, 0.15) is 49.1 Å². The Morgan fingerprint density at radius 2 is 1.68 bits per heavy atom. The number of likely N-dealkylation sites (tertiary alicyclic amines) is 1. The molecular weight excluding hydrogens is 1020 g/mol. The Labute approximate surface area is 448 Å². The van der Waals surface area contributed by atoms with Gasteiger partial charge < -0.3 is 48.8 Å². The van der Waals surface area contributed by atoms with Crippen LogP contribution >= 0.6 is 22.7 Å². The molecule has 4 heterocycles. The van der Waals surface area contributed by atoms with Crippen molar-refractivity contribution in [3.63, 3.8) is 0 Å². The Bertz CT molecular complexity index is 2900. The van der Waals surface area contributed by atoms with E-state index in [0.717, 1.165) is 40.3 Å². The number of aldehydes is 1. The molecule has 1 fully saturated rings. The van der Waals surface area contributed by atoms with Crippen LogP contribution in [-0.4, -0.2) is 133 Å². The molecule has 3 N–H and O–H groups in total. The fraction of sp³-hybridized carbons (Fsp3) is 0.400. The summed E-state index contributed by atoms with van der Waals surface area (Å²) in [6.07, 6.45) is 3.55. The summed E-state index contributed by atoms with van der Waals surface area (Å²) in [4.78, 5) is 65.7. The molecule has 18 nitrogen and oxygen atoms in total. The lowest BCUT2D eigenvalue weighted by molar-refractivity contribution is -0.140. The highest BCUT2D eigenvalue weighted by atomic mass is 32.1. The summed E-state index contributed by atoms with van der Waals surface area (Å²) in [6, 6.07) is 16.5. The van der Waals surface area contributed by atoms with Gasteiger partial charge in [0.05, 0.1) is 62.3 Å². The predicted molar refractivity (Wildman–Crippen MR) is 283 cm³/mol. The number of anilines is 1. The first-order valence-corrected chi connectivity index (χ1v) is 26.6. The zero-order valence-corrected chi connectivity index (χ0v) is 44.5. The smallest absolute Gasteiger partial charge is 0.254 e. The van der Waals surface area contributed by atoms with Crippen molar-refractivity contribution in [2.75, 3.05) is 78.4 Å². The molecule has 3 amide bonds. The second-order valence-electron chi connectivity index (χ2n) is 18.1. The summed E-state index contributed by atoms with van der Waals surface area (Å²) in [6.45, 7) is 9.49. The van der Waals surface area contributed by atoms with Crippen LogP contribution < -0.4 is 15.4 Å². The molecule has 0 aliphatic carbocycles. The van der Waals surface area contributed by atoms with Crippen molar-refractivity contribution in [1.82, 2.24) is 30.2 Å². The first-order valence-electron chi connectivity index (χ1n) is 24.8. The van der Waals surface area contributed by atoms with Crippen molar-refractivity contribution >= 4 is 51.8 Å². The summed E-state index contributed by atoms with van der Waals surface area (Å²) in [5.41, 5.74) is 6.48. The van der Waals surface area contributed by atoms with E-state index in [1.54, 1.807) is 57.8 Å².